The van der Waals surface area contributed by atoms with Crippen molar-refractivity contribution in [3.05, 3.63) is 40.3 Å². The maximum Gasteiger partial charge on any atom is 0.273 e. The quantitative estimate of drug-likeness (QED) is 0.672. The van der Waals surface area contributed by atoms with Crippen molar-refractivity contribution in [1.29, 1.82) is 0 Å². The predicted molar refractivity (Wildman–Crippen MR) is 66.1 cm³/mol. The summed E-state index contributed by atoms with van der Waals surface area (Å²) in [7, 11) is 1.30. The average Bonchev–Trinajstić information content (AvgIpc) is 2.43. The number of anilines is 1. The number of nitrogens with two attached hydrogens (primary N) is 1. The van der Waals surface area contributed by atoms with Crippen LogP contribution in [0.2, 0.25) is 0 Å². The molecule has 0 aliphatic heterocycles. The van der Waals surface area contributed by atoms with Gasteiger partial charge in [-0.15, -0.1) is 0 Å². The van der Waals surface area contributed by atoms with Crippen molar-refractivity contribution < 1.29 is 18.8 Å². The molecule has 0 aliphatic carbocycles. The zero-order valence-corrected chi connectivity index (χ0v) is 10.2. The van der Waals surface area contributed by atoms with Gasteiger partial charge in [0.15, 0.2) is 11.5 Å². The van der Waals surface area contributed by atoms with Crippen LogP contribution in [0.15, 0.2) is 24.4 Å². The third-order valence-electron chi connectivity index (χ3n) is 2.30. The molecule has 0 saturated heterocycles. The molecular weight excluding hydrogens is 271 g/mol. The summed E-state index contributed by atoms with van der Waals surface area (Å²) in [6.07, 6.45) is 0.857. The van der Waals surface area contributed by atoms with Crippen LogP contribution in [0, 0.1) is 15.9 Å². The number of nitro benzene ring substituents is 1. The second kappa shape index (κ2) is 5.34. The van der Waals surface area contributed by atoms with Gasteiger partial charge in [0, 0.05) is 6.07 Å². The van der Waals surface area contributed by atoms with Gasteiger partial charge in [-0.1, -0.05) is 0 Å². The Morgan fingerprint density at radius 2 is 2.15 bits per heavy atom. The normalized spacial score (nSPS) is 10.1. The van der Waals surface area contributed by atoms with Gasteiger partial charge in [0.25, 0.3) is 11.6 Å². The van der Waals surface area contributed by atoms with Gasteiger partial charge >= 0.3 is 0 Å². The number of hydrogen-bond donors (Lipinski definition) is 1. The topological polar surface area (TPSA) is 113 Å². The summed E-state index contributed by atoms with van der Waals surface area (Å²) < 4.78 is 23.6. The van der Waals surface area contributed by atoms with E-state index < -0.39 is 16.6 Å². The number of aromatic nitrogens is 2. The zero-order valence-electron chi connectivity index (χ0n) is 10.2. The number of non-ortho nitro benzene ring substituents is 1. The van der Waals surface area contributed by atoms with E-state index in [0.29, 0.717) is 0 Å². The Bertz CT molecular complexity index is 665. The number of methoxy groups -OCH3 is 1. The summed E-state index contributed by atoms with van der Waals surface area (Å²) in [5.41, 5.74) is 5.14. The second-order valence-corrected chi connectivity index (χ2v) is 3.58. The van der Waals surface area contributed by atoms with Crippen LogP contribution in [-0.4, -0.2) is 22.0 Å². The van der Waals surface area contributed by atoms with E-state index in [0.717, 1.165) is 12.3 Å². The molecule has 0 spiro atoms. The highest BCUT2D eigenvalue weighted by atomic mass is 19.1. The number of nitrogen functional groups attached to an aromatic ring is 1. The number of ether oxygens (including phenoxy) is 2. The maximum absolute atomic E-state index is 13.4. The number of nitrogens with zero attached hydrogens (tertiary/aromatic N) is 3. The highest BCUT2D eigenvalue weighted by Gasteiger charge is 2.15. The van der Waals surface area contributed by atoms with Gasteiger partial charge in [0.1, 0.15) is 0 Å². The zero-order chi connectivity index (χ0) is 14.7. The van der Waals surface area contributed by atoms with E-state index in [1.165, 1.54) is 19.2 Å². The third kappa shape index (κ3) is 2.71. The molecule has 2 N–H and O–H groups in total. The Morgan fingerprint density at radius 3 is 2.80 bits per heavy atom. The molecule has 0 bridgehead atoms. The summed E-state index contributed by atoms with van der Waals surface area (Å²) in [5.74, 6) is -1.25. The molecule has 0 amide bonds. The van der Waals surface area contributed by atoms with E-state index >= 15 is 0 Å². The largest absolute Gasteiger partial charge is 0.493 e. The molecule has 0 unspecified atom stereocenters. The second-order valence-electron chi connectivity index (χ2n) is 3.58. The molecule has 8 nitrogen and oxygen atoms in total. The van der Waals surface area contributed by atoms with Crippen LogP contribution in [0.3, 0.4) is 0 Å². The lowest BCUT2D eigenvalue weighted by atomic mass is 10.3. The van der Waals surface area contributed by atoms with Gasteiger partial charge in [-0.05, 0) is 6.07 Å². The van der Waals surface area contributed by atoms with Crippen molar-refractivity contribution in [2.75, 3.05) is 12.8 Å². The van der Waals surface area contributed by atoms with Gasteiger partial charge in [-0.25, -0.2) is 4.98 Å². The first-order chi connectivity index (χ1) is 9.51. The summed E-state index contributed by atoms with van der Waals surface area (Å²) in [6.45, 7) is 0. The Balaban J connectivity index is 2.38. The molecule has 104 valence electrons. The Hall–Kier alpha value is -2.97. The number of halogens is 1. The van der Waals surface area contributed by atoms with E-state index in [9.17, 15) is 14.5 Å². The predicted octanol–water partition coefficient (Wildman–Crippen LogP) is 1.91. The van der Waals surface area contributed by atoms with E-state index in [2.05, 4.69) is 9.97 Å². The van der Waals surface area contributed by atoms with E-state index in [1.807, 2.05) is 0 Å². The summed E-state index contributed by atoms with van der Waals surface area (Å²) in [6, 6.07) is 3.62. The van der Waals surface area contributed by atoms with Crippen LogP contribution in [-0.2, 0) is 0 Å². The van der Waals surface area contributed by atoms with E-state index in [1.54, 1.807) is 0 Å². The van der Waals surface area contributed by atoms with Crippen LogP contribution >= 0.6 is 0 Å². The summed E-state index contributed by atoms with van der Waals surface area (Å²) >= 11 is 0. The summed E-state index contributed by atoms with van der Waals surface area (Å²) in [4.78, 5) is 17.1. The SMILES string of the molecule is COc1cc([N+](=O)[O-])ccc1Oc1nc(N)ncc1F. The molecule has 1 heterocycles. The van der Waals surface area contributed by atoms with Crippen LogP contribution in [0.25, 0.3) is 0 Å². The standard InChI is InChI=1S/C11H9FN4O4/c1-19-9-4-6(16(17)18)2-3-8(9)20-10-7(12)5-14-11(13)15-10/h2-5H,1H3,(H2,13,14,15). The minimum atomic E-state index is -0.820. The van der Waals surface area contributed by atoms with Gasteiger partial charge in [0.2, 0.25) is 11.8 Å². The maximum atomic E-state index is 13.4. The van der Waals surface area contributed by atoms with E-state index in [4.69, 9.17) is 15.2 Å². The number of nitro groups is 1. The minimum Gasteiger partial charge on any atom is -0.493 e. The molecule has 0 saturated carbocycles. The first-order valence-electron chi connectivity index (χ1n) is 5.29. The van der Waals surface area contributed by atoms with Crippen molar-refractivity contribution in [2.45, 2.75) is 0 Å². The molecule has 1 aromatic heterocycles. The lowest BCUT2D eigenvalue weighted by Gasteiger charge is -2.09. The third-order valence-corrected chi connectivity index (χ3v) is 2.30. The molecule has 9 heteroatoms. The highest BCUT2D eigenvalue weighted by Crippen LogP contribution is 2.34. The van der Waals surface area contributed by atoms with Crippen LogP contribution in [0.1, 0.15) is 0 Å². The van der Waals surface area contributed by atoms with Gasteiger partial charge in [-0.3, -0.25) is 10.1 Å². The Kier molecular flexibility index (Phi) is 3.60. The van der Waals surface area contributed by atoms with Gasteiger partial charge in [-0.2, -0.15) is 9.37 Å². The number of hydrogen-bond acceptors (Lipinski definition) is 7. The van der Waals surface area contributed by atoms with E-state index in [-0.39, 0.29) is 23.1 Å². The van der Waals surface area contributed by atoms with Gasteiger partial charge in [0.05, 0.1) is 24.3 Å². The van der Waals surface area contributed by atoms with Crippen molar-refractivity contribution in [1.82, 2.24) is 9.97 Å². The molecule has 0 atom stereocenters. The lowest BCUT2D eigenvalue weighted by molar-refractivity contribution is -0.384. The molecule has 0 radical (unpaired) electrons. The first-order valence-corrected chi connectivity index (χ1v) is 5.29. The lowest BCUT2D eigenvalue weighted by Crippen LogP contribution is -2.00. The number of rotatable bonds is 4. The molecule has 0 fully saturated rings. The fraction of sp³-hybridized carbons (Fsp3) is 0.0909. The molecule has 1 aromatic carbocycles. The van der Waals surface area contributed by atoms with Crippen LogP contribution in [0.5, 0.6) is 17.4 Å². The average molecular weight is 280 g/mol. The first kappa shape index (κ1) is 13.5. The molecular formula is C11H9FN4O4. The van der Waals surface area contributed by atoms with Crippen molar-refractivity contribution in [2.24, 2.45) is 0 Å². The Morgan fingerprint density at radius 1 is 1.40 bits per heavy atom. The summed E-state index contributed by atoms with van der Waals surface area (Å²) in [5, 5.41) is 10.6. The minimum absolute atomic E-state index is 0.0649. The fourth-order valence-corrected chi connectivity index (χ4v) is 1.39. The molecule has 2 rings (SSSR count). The molecule has 0 aliphatic rings. The van der Waals surface area contributed by atoms with Crippen molar-refractivity contribution >= 4 is 11.6 Å². The monoisotopic (exact) mass is 280 g/mol. The number of benzene rings is 1. The smallest absolute Gasteiger partial charge is 0.273 e. The Labute approximate surface area is 112 Å². The van der Waals surface area contributed by atoms with Crippen molar-refractivity contribution in [3.63, 3.8) is 0 Å². The fourth-order valence-electron chi connectivity index (χ4n) is 1.39. The van der Waals surface area contributed by atoms with Crippen LogP contribution in [0.4, 0.5) is 16.0 Å². The van der Waals surface area contributed by atoms with Crippen LogP contribution < -0.4 is 15.2 Å². The van der Waals surface area contributed by atoms with Crippen molar-refractivity contribution in [3.8, 4) is 17.4 Å². The highest BCUT2D eigenvalue weighted by molar-refractivity contribution is 5.49. The molecule has 20 heavy (non-hydrogen) atoms. The molecule has 2 aromatic rings. The van der Waals surface area contributed by atoms with Gasteiger partial charge < -0.3 is 15.2 Å².